The van der Waals surface area contributed by atoms with Crippen molar-refractivity contribution in [2.45, 2.75) is 186 Å². The summed E-state index contributed by atoms with van der Waals surface area (Å²) in [6.07, 6.45) is 11.1. The number of Topliss-reactive ketones (excluding diaryl/α,β-unsaturated/α-hetero) is 2. The van der Waals surface area contributed by atoms with E-state index in [1.54, 1.807) is 42.3 Å². The molecule has 0 radical (unpaired) electrons. The first-order valence-corrected chi connectivity index (χ1v) is 28.8. The van der Waals surface area contributed by atoms with Crippen LogP contribution in [0.3, 0.4) is 0 Å². The normalized spacial score (nSPS) is 36.2. The first-order chi connectivity index (χ1) is 37.7. The largest absolute Gasteiger partial charge is 0.460 e. The lowest BCUT2D eigenvalue weighted by molar-refractivity contribution is -0.265. The summed E-state index contributed by atoms with van der Waals surface area (Å²) in [6, 6.07) is -1.12. The van der Waals surface area contributed by atoms with E-state index in [2.05, 4.69) is 5.32 Å². The molecule has 3 N–H and O–H groups in total. The maximum absolute atomic E-state index is 14.8. The molecule has 4 aliphatic rings. The summed E-state index contributed by atoms with van der Waals surface area (Å²) in [7, 11) is 7.77. The van der Waals surface area contributed by atoms with Gasteiger partial charge in [0.1, 0.15) is 30.5 Å². The number of nitrogens with one attached hydrogen (secondary N) is 1. The first-order valence-electron chi connectivity index (χ1n) is 28.8. The van der Waals surface area contributed by atoms with Crippen LogP contribution in [0.5, 0.6) is 0 Å². The fraction of sp³-hybridized carbons (Fsp3) is 0.783. The summed E-state index contributed by atoms with van der Waals surface area (Å²) in [5, 5.41) is 26.5. The van der Waals surface area contributed by atoms with Gasteiger partial charge < -0.3 is 67.8 Å². The zero-order valence-corrected chi connectivity index (χ0v) is 49.5. The minimum absolute atomic E-state index is 0.0261. The highest BCUT2D eigenvalue weighted by Gasteiger charge is 2.53. The second kappa shape index (κ2) is 34.5. The highest BCUT2D eigenvalue weighted by molar-refractivity contribution is 6.39. The molecule has 0 unspecified atom stereocenters. The Hall–Kier alpha value is -3.89. The zero-order chi connectivity index (χ0) is 58.2. The molecular weight excluding hydrogens is 1020 g/mol. The number of hydrogen-bond acceptors (Lipinski definition) is 17. The summed E-state index contributed by atoms with van der Waals surface area (Å²) in [4.78, 5) is 71.7. The van der Waals surface area contributed by atoms with E-state index in [0.29, 0.717) is 96.2 Å². The second-order valence-corrected chi connectivity index (χ2v) is 22.5. The zero-order valence-electron chi connectivity index (χ0n) is 49.5. The number of ketones is 2. The summed E-state index contributed by atoms with van der Waals surface area (Å²) in [5.41, 5.74) is 1.40. The van der Waals surface area contributed by atoms with Gasteiger partial charge in [-0.1, -0.05) is 71.1 Å². The second-order valence-electron chi connectivity index (χ2n) is 22.5. The monoisotopic (exact) mass is 1120 g/mol. The van der Waals surface area contributed by atoms with Gasteiger partial charge in [0.25, 0.3) is 11.7 Å². The Balaban J connectivity index is 1.62. The van der Waals surface area contributed by atoms with Crippen molar-refractivity contribution >= 4 is 29.5 Å². The molecule has 3 fully saturated rings. The lowest BCUT2D eigenvalue weighted by Crippen LogP contribution is -2.61. The van der Waals surface area contributed by atoms with Crippen LogP contribution in [0.2, 0.25) is 0 Å². The SMILES string of the molecule is COCCOCCOCCNC(=O)O[C@@H]1CC[C@@H](C[C@@H](C)[C@@H]2C[C@@H](OC)[C@H](C)/C=C(\C)[C@@H](O)[C@@H](OC)C(=O)[C@H](C)C[C@H](C)/C=C/C=C/C=C(\C)[C@@H](OC)C[C@@H]3CC[C@@H](C)[C@@](O)(O3)C(=O)C(=O)N3CCCC[C@H]3C(=O)O2)C[C@H]1OC. The van der Waals surface area contributed by atoms with Gasteiger partial charge in [-0.15, -0.1) is 0 Å². The average Bonchev–Trinajstić information content (AvgIpc) is 3.51. The number of ether oxygens (including phenoxy) is 10. The van der Waals surface area contributed by atoms with Crippen LogP contribution in [-0.2, 0) is 66.5 Å². The van der Waals surface area contributed by atoms with Gasteiger partial charge in [-0.05, 0) is 107 Å². The van der Waals surface area contributed by atoms with Crippen molar-refractivity contribution in [2.75, 3.05) is 81.7 Å². The molecule has 2 bridgehead atoms. The molecule has 450 valence electrons. The number of alkyl carbamates (subject to hydrolysis) is 1. The van der Waals surface area contributed by atoms with Crippen LogP contribution in [0, 0.1) is 35.5 Å². The van der Waals surface area contributed by atoms with E-state index in [1.807, 2.05) is 71.1 Å². The quantitative estimate of drug-likeness (QED) is 0.0573. The molecule has 79 heavy (non-hydrogen) atoms. The summed E-state index contributed by atoms with van der Waals surface area (Å²) in [5.74, 6) is -7.11. The van der Waals surface area contributed by atoms with Crippen molar-refractivity contribution in [1.29, 1.82) is 0 Å². The van der Waals surface area contributed by atoms with E-state index in [1.165, 1.54) is 12.0 Å². The van der Waals surface area contributed by atoms with Gasteiger partial charge in [0.05, 0.1) is 57.5 Å². The minimum Gasteiger partial charge on any atom is -0.460 e. The molecule has 1 aliphatic carbocycles. The highest BCUT2D eigenvalue weighted by Crippen LogP contribution is 2.38. The number of esters is 1. The fourth-order valence-electron chi connectivity index (χ4n) is 11.5. The third kappa shape index (κ3) is 20.5. The number of amides is 2. The number of aliphatic hydroxyl groups is 2. The molecule has 4 rings (SSSR count). The number of cyclic esters (lactones) is 1. The lowest BCUT2D eigenvalue weighted by atomic mass is 9.78. The number of methoxy groups -OCH3 is 5. The predicted octanol–water partition coefficient (Wildman–Crippen LogP) is 7.04. The molecule has 2 saturated heterocycles. The number of carbonyl (C=O) groups excluding carboxylic acids is 5. The fourth-order valence-corrected chi connectivity index (χ4v) is 11.5. The standard InChI is InChI=1S/C60H98N2O17/c1-38-18-14-13-15-19-39(2)49(71-9)36-46-23-21-44(7)60(69,79-46)56(65)57(66)62-26-17-16-20-47(62)58(67)77-51(37-50(72-10)40(3)33-43(6)54(64)55(74-12)53(63)42(5)32-38)41(4)34-45-22-24-48(52(35-45)73-11)78-59(68)61-25-27-75-30-31-76-29-28-70-8/h13-15,18-19,33,38,40-42,44-52,54-55,64,69H,16-17,20-32,34-37H2,1-12H3,(H,61,68)/b15-13+,18-14+,39-19+,43-33+/t38-,40-,41-,42-,44-,45+,46+,47+,48-,49+,50-,51+,52-,54-,55+,60-/m1/s1. The van der Waals surface area contributed by atoms with Crippen molar-refractivity contribution in [2.24, 2.45) is 35.5 Å². The van der Waals surface area contributed by atoms with Crippen LogP contribution in [0.1, 0.15) is 126 Å². The number of aliphatic hydroxyl groups excluding tert-OH is 1. The summed E-state index contributed by atoms with van der Waals surface area (Å²) < 4.78 is 58.1. The number of rotatable bonds is 17. The number of hydrogen-bond donors (Lipinski definition) is 3. The number of allylic oxidation sites excluding steroid dienone is 5. The maximum atomic E-state index is 14.8. The smallest absolute Gasteiger partial charge is 0.407 e. The van der Waals surface area contributed by atoms with E-state index in [-0.39, 0.29) is 62.0 Å². The van der Waals surface area contributed by atoms with Gasteiger partial charge in [-0.3, -0.25) is 14.4 Å². The Kier molecular flexibility index (Phi) is 29.6. The molecule has 1 saturated carbocycles. The van der Waals surface area contributed by atoms with Crippen LogP contribution in [0.4, 0.5) is 4.79 Å². The lowest BCUT2D eigenvalue weighted by Gasteiger charge is -2.43. The van der Waals surface area contributed by atoms with Crippen LogP contribution in [-0.4, -0.2) is 187 Å². The number of carbonyl (C=O) groups is 5. The molecule has 0 aromatic heterocycles. The highest BCUT2D eigenvalue weighted by atomic mass is 16.6. The molecule has 2 amide bonds. The maximum Gasteiger partial charge on any atom is 0.407 e. The third-order valence-electron chi connectivity index (χ3n) is 16.5. The average molecular weight is 1120 g/mol. The van der Waals surface area contributed by atoms with E-state index in [4.69, 9.17) is 47.4 Å². The molecule has 3 heterocycles. The van der Waals surface area contributed by atoms with E-state index in [0.717, 1.165) is 5.57 Å². The van der Waals surface area contributed by atoms with Gasteiger partial charge in [0.15, 0.2) is 5.78 Å². The molecule has 0 aromatic rings. The number of nitrogens with zero attached hydrogens (tertiary/aromatic N) is 1. The first kappa shape index (κ1) is 67.6. The van der Waals surface area contributed by atoms with Crippen molar-refractivity contribution in [3.05, 3.63) is 47.6 Å². The number of piperidine rings is 1. The van der Waals surface area contributed by atoms with Gasteiger partial charge in [-0.2, -0.15) is 0 Å². The van der Waals surface area contributed by atoms with Gasteiger partial charge in [0.2, 0.25) is 5.79 Å². The Bertz CT molecular complexity index is 2030. The van der Waals surface area contributed by atoms with Crippen molar-refractivity contribution < 1.29 is 81.6 Å². The summed E-state index contributed by atoms with van der Waals surface area (Å²) >= 11 is 0. The topological polar surface area (TPSA) is 233 Å². The van der Waals surface area contributed by atoms with Gasteiger partial charge in [-0.25, -0.2) is 9.59 Å². The summed E-state index contributed by atoms with van der Waals surface area (Å²) in [6.45, 7) is 15.6. The molecule has 0 aromatic carbocycles. The van der Waals surface area contributed by atoms with Crippen LogP contribution >= 0.6 is 0 Å². The Morgan fingerprint density at radius 2 is 1.49 bits per heavy atom. The van der Waals surface area contributed by atoms with Crippen LogP contribution in [0.15, 0.2) is 47.6 Å². The van der Waals surface area contributed by atoms with Crippen LogP contribution in [0.25, 0.3) is 0 Å². The van der Waals surface area contributed by atoms with Crippen molar-refractivity contribution in [3.63, 3.8) is 0 Å². The molecular formula is C60H98N2O17. The third-order valence-corrected chi connectivity index (χ3v) is 16.5. The van der Waals surface area contributed by atoms with E-state index >= 15 is 0 Å². The van der Waals surface area contributed by atoms with E-state index in [9.17, 15) is 34.2 Å². The molecule has 19 nitrogen and oxygen atoms in total. The predicted molar refractivity (Wildman–Crippen MR) is 297 cm³/mol. The van der Waals surface area contributed by atoms with Crippen molar-refractivity contribution in [3.8, 4) is 0 Å². The Labute approximate surface area is 470 Å². The Morgan fingerprint density at radius 3 is 2.18 bits per heavy atom. The van der Waals surface area contributed by atoms with Gasteiger partial charge >= 0.3 is 12.1 Å². The van der Waals surface area contributed by atoms with E-state index < -0.39 is 96.2 Å². The Morgan fingerprint density at radius 1 is 0.785 bits per heavy atom. The number of fused-ring (bicyclic) bond motifs is 3. The molecule has 19 heteroatoms. The molecule has 3 aliphatic heterocycles. The van der Waals surface area contributed by atoms with Crippen LogP contribution < -0.4 is 5.32 Å². The molecule has 0 spiro atoms. The minimum atomic E-state index is -2.43. The van der Waals surface area contributed by atoms with Crippen molar-refractivity contribution in [1.82, 2.24) is 10.2 Å². The van der Waals surface area contributed by atoms with Gasteiger partial charge in [0, 0.05) is 79.2 Å². The molecule has 16 atom stereocenters.